The quantitative estimate of drug-likeness (QED) is 0.802. The summed E-state index contributed by atoms with van der Waals surface area (Å²) in [5.41, 5.74) is 1.53. The summed E-state index contributed by atoms with van der Waals surface area (Å²) in [6, 6.07) is 10.8. The molecule has 0 aliphatic carbocycles. The van der Waals surface area contributed by atoms with Crippen molar-refractivity contribution in [2.45, 2.75) is 13.0 Å². The number of rotatable bonds is 6. The number of amides is 2. The second kappa shape index (κ2) is 7.90. The minimum absolute atomic E-state index is 0.114. The monoisotopic (exact) mass is 398 g/mol. The van der Waals surface area contributed by atoms with Crippen molar-refractivity contribution in [3.8, 4) is 23.0 Å². The van der Waals surface area contributed by atoms with E-state index in [2.05, 4.69) is 5.32 Å². The average molecular weight is 398 g/mol. The Morgan fingerprint density at radius 1 is 1.14 bits per heavy atom. The van der Waals surface area contributed by atoms with Crippen LogP contribution in [0.25, 0.3) is 0 Å². The molecule has 0 spiro atoms. The Hall–Kier alpha value is -3.42. The number of anilines is 1. The van der Waals surface area contributed by atoms with E-state index >= 15 is 0 Å². The fourth-order valence-corrected chi connectivity index (χ4v) is 3.51. The van der Waals surface area contributed by atoms with Crippen molar-refractivity contribution < 1.29 is 28.5 Å². The van der Waals surface area contributed by atoms with Gasteiger partial charge in [0.2, 0.25) is 18.6 Å². The summed E-state index contributed by atoms with van der Waals surface area (Å²) < 4.78 is 21.2. The van der Waals surface area contributed by atoms with Gasteiger partial charge >= 0.3 is 0 Å². The number of nitrogens with one attached hydrogen (secondary N) is 1. The van der Waals surface area contributed by atoms with E-state index in [9.17, 15) is 9.59 Å². The highest BCUT2D eigenvalue weighted by atomic mass is 16.7. The highest BCUT2D eigenvalue weighted by molar-refractivity contribution is 6.01. The minimum atomic E-state index is -0.427. The Kier molecular flexibility index (Phi) is 5.16. The molecule has 0 radical (unpaired) electrons. The number of fused-ring (bicyclic) bond motifs is 1. The summed E-state index contributed by atoms with van der Waals surface area (Å²) in [4.78, 5) is 26.8. The molecule has 0 bridgehead atoms. The molecule has 0 aromatic heterocycles. The molecule has 4 rings (SSSR count). The van der Waals surface area contributed by atoms with Crippen molar-refractivity contribution in [2.24, 2.45) is 5.92 Å². The molecule has 2 aliphatic rings. The van der Waals surface area contributed by atoms with Gasteiger partial charge < -0.3 is 29.2 Å². The van der Waals surface area contributed by atoms with Gasteiger partial charge in [-0.25, -0.2) is 0 Å². The van der Waals surface area contributed by atoms with Gasteiger partial charge in [0.15, 0.2) is 11.5 Å². The zero-order valence-corrected chi connectivity index (χ0v) is 16.3. The normalized spacial score (nSPS) is 17.4. The van der Waals surface area contributed by atoms with Gasteiger partial charge in [-0.05, 0) is 29.8 Å². The van der Waals surface area contributed by atoms with Crippen LogP contribution in [0.4, 0.5) is 5.69 Å². The highest BCUT2D eigenvalue weighted by Crippen LogP contribution is 2.36. The van der Waals surface area contributed by atoms with Gasteiger partial charge in [0.1, 0.15) is 11.5 Å². The lowest BCUT2D eigenvalue weighted by molar-refractivity contribution is -0.126. The van der Waals surface area contributed by atoms with E-state index < -0.39 is 5.92 Å². The largest absolute Gasteiger partial charge is 0.497 e. The van der Waals surface area contributed by atoms with Gasteiger partial charge in [-0.15, -0.1) is 0 Å². The molecule has 8 nitrogen and oxygen atoms in total. The number of carbonyl (C=O) groups is 2. The Morgan fingerprint density at radius 3 is 2.76 bits per heavy atom. The van der Waals surface area contributed by atoms with Crippen LogP contribution in [0.3, 0.4) is 0 Å². The van der Waals surface area contributed by atoms with Crippen molar-refractivity contribution in [2.75, 3.05) is 32.5 Å². The summed E-state index contributed by atoms with van der Waals surface area (Å²) in [6.45, 7) is 0.862. The van der Waals surface area contributed by atoms with E-state index in [-0.39, 0.29) is 25.0 Å². The molecule has 2 aromatic carbocycles. The first-order valence-electron chi connectivity index (χ1n) is 9.27. The maximum absolute atomic E-state index is 12.6. The molecule has 2 amide bonds. The smallest absolute Gasteiger partial charge is 0.231 e. The molecular weight excluding hydrogens is 376 g/mol. The zero-order valence-electron chi connectivity index (χ0n) is 16.3. The Morgan fingerprint density at radius 2 is 1.97 bits per heavy atom. The molecule has 1 atom stereocenters. The molecule has 0 unspecified atom stereocenters. The Labute approximate surface area is 168 Å². The first-order valence-corrected chi connectivity index (χ1v) is 9.27. The predicted molar refractivity (Wildman–Crippen MR) is 104 cm³/mol. The number of benzene rings is 2. The molecule has 2 aliphatic heterocycles. The first-order chi connectivity index (χ1) is 14.1. The fraction of sp³-hybridized carbons (Fsp3) is 0.333. The van der Waals surface area contributed by atoms with E-state index in [0.717, 1.165) is 5.56 Å². The van der Waals surface area contributed by atoms with Crippen LogP contribution in [0.5, 0.6) is 23.0 Å². The van der Waals surface area contributed by atoms with Crippen LogP contribution in [0, 0.1) is 5.92 Å². The van der Waals surface area contributed by atoms with Crippen molar-refractivity contribution in [3.05, 3.63) is 42.0 Å². The third kappa shape index (κ3) is 3.78. The van der Waals surface area contributed by atoms with Crippen molar-refractivity contribution in [1.29, 1.82) is 0 Å². The molecular formula is C21H22N2O6. The molecule has 1 fully saturated rings. The van der Waals surface area contributed by atoms with Crippen LogP contribution < -0.4 is 29.2 Å². The number of ether oxygens (including phenoxy) is 4. The van der Waals surface area contributed by atoms with Crippen LogP contribution in [0.1, 0.15) is 12.0 Å². The molecule has 0 saturated carbocycles. The van der Waals surface area contributed by atoms with Gasteiger partial charge in [-0.2, -0.15) is 0 Å². The van der Waals surface area contributed by atoms with Crippen LogP contribution in [-0.4, -0.2) is 39.4 Å². The van der Waals surface area contributed by atoms with Gasteiger partial charge in [0.25, 0.3) is 0 Å². The van der Waals surface area contributed by atoms with Crippen LogP contribution in [0.2, 0.25) is 0 Å². The van der Waals surface area contributed by atoms with E-state index in [4.69, 9.17) is 18.9 Å². The summed E-state index contributed by atoms with van der Waals surface area (Å²) in [5, 5.41) is 2.91. The number of carbonyl (C=O) groups excluding carboxylic acids is 2. The Balaban J connectivity index is 1.40. The van der Waals surface area contributed by atoms with Gasteiger partial charge in [-0.1, -0.05) is 6.07 Å². The van der Waals surface area contributed by atoms with Crippen LogP contribution in [0.15, 0.2) is 36.4 Å². The molecule has 1 N–H and O–H groups in total. The number of methoxy groups -OCH3 is 2. The van der Waals surface area contributed by atoms with Crippen molar-refractivity contribution in [1.82, 2.24) is 5.32 Å². The van der Waals surface area contributed by atoms with E-state index in [1.54, 1.807) is 30.2 Å². The SMILES string of the molecule is COc1ccc(N2C[C@@H](C(=O)NCc3ccc4c(c3)OCO4)CC2=O)c(OC)c1. The van der Waals surface area contributed by atoms with E-state index in [1.807, 2.05) is 18.2 Å². The third-order valence-corrected chi connectivity index (χ3v) is 5.08. The highest BCUT2D eigenvalue weighted by Gasteiger charge is 2.36. The first kappa shape index (κ1) is 18.9. The number of hydrogen-bond donors (Lipinski definition) is 1. The third-order valence-electron chi connectivity index (χ3n) is 5.08. The van der Waals surface area contributed by atoms with Crippen molar-refractivity contribution >= 4 is 17.5 Å². The lowest BCUT2D eigenvalue weighted by Crippen LogP contribution is -2.32. The second-order valence-electron chi connectivity index (χ2n) is 6.85. The lowest BCUT2D eigenvalue weighted by atomic mass is 10.1. The standard InChI is InChI=1S/C21H22N2O6/c1-26-15-4-5-16(18(9-15)27-2)23-11-14(8-20(23)24)21(25)22-10-13-3-6-17-19(7-13)29-12-28-17/h3-7,9,14H,8,10-12H2,1-2H3,(H,22,25)/t14-/m0/s1. The summed E-state index contributed by atoms with van der Waals surface area (Å²) >= 11 is 0. The summed E-state index contributed by atoms with van der Waals surface area (Å²) in [6.07, 6.45) is 0.155. The topological polar surface area (TPSA) is 86.3 Å². The molecule has 152 valence electrons. The zero-order chi connectivity index (χ0) is 20.4. The van der Waals surface area contributed by atoms with Gasteiger partial charge in [0, 0.05) is 25.6 Å². The Bertz CT molecular complexity index is 945. The van der Waals surface area contributed by atoms with Gasteiger partial charge in [0.05, 0.1) is 25.8 Å². The maximum atomic E-state index is 12.6. The summed E-state index contributed by atoms with van der Waals surface area (Å²) in [7, 11) is 3.10. The van der Waals surface area contributed by atoms with Gasteiger partial charge in [-0.3, -0.25) is 9.59 Å². The number of nitrogens with zero attached hydrogens (tertiary/aromatic N) is 1. The minimum Gasteiger partial charge on any atom is -0.497 e. The second-order valence-corrected chi connectivity index (χ2v) is 6.85. The molecule has 2 aromatic rings. The van der Waals surface area contributed by atoms with E-state index in [0.29, 0.717) is 41.8 Å². The average Bonchev–Trinajstić information content (AvgIpc) is 3.37. The molecule has 1 saturated heterocycles. The molecule has 29 heavy (non-hydrogen) atoms. The van der Waals surface area contributed by atoms with Crippen LogP contribution in [-0.2, 0) is 16.1 Å². The van der Waals surface area contributed by atoms with Crippen molar-refractivity contribution in [3.63, 3.8) is 0 Å². The number of hydrogen-bond acceptors (Lipinski definition) is 6. The molecule has 8 heteroatoms. The van der Waals surface area contributed by atoms with E-state index in [1.165, 1.54) is 7.11 Å². The maximum Gasteiger partial charge on any atom is 0.231 e. The lowest BCUT2D eigenvalue weighted by Gasteiger charge is -2.20. The predicted octanol–water partition coefficient (Wildman–Crippen LogP) is 2.10. The molecule has 2 heterocycles. The van der Waals surface area contributed by atoms with Crippen LogP contribution >= 0.6 is 0 Å². The summed E-state index contributed by atoms with van der Waals surface area (Å²) in [5.74, 6) is 1.83. The fourth-order valence-electron chi connectivity index (χ4n) is 3.51.